The number of phosphoric acid groups is 1. The van der Waals surface area contributed by atoms with Crippen molar-refractivity contribution in [3.63, 3.8) is 0 Å². The molecule has 0 aliphatic rings. The summed E-state index contributed by atoms with van der Waals surface area (Å²) in [5, 5.41) is 0. The minimum atomic E-state index is -4.37. The zero-order valence-electron chi connectivity index (χ0n) is 30.7. The molecule has 0 amide bonds. The lowest BCUT2D eigenvalue weighted by molar-refractivity contribution is -0.161. The van der Waals surface area contributed by atoms with E-state index in [1.54, 1.807) is 0 Å². The number of nitrogens with two attached hydrogens (primary N) is 1. The molecule has 0 radical (unpaired) electrons. The lowest BCUT2D eigenvalue weighted by Crippen LogP contribution is -2.29. The molecular formula is C38H72NO8P. The molecule has 0 aromatic carbocycles. The van der Waals surface area contributed by atoms with E-state index in [0.29, 0.717) is 6.42 Å². The van der Waals surface area contributed by atoms with Crippen molar-refractivity contribution in [3.05, 3.63) is 24.3 Å². The molecular weight excluding hydrogens is 629 g/mol. The largest absolute Gasteiger partial charge is 0.472 e. The van der Waals surface area contributed by atoms with Gasteiger partial charge in [-0.25, -0.2) is 4.57 Å². The summed E-state index contributed by atoms with van der Waals surface area (Å²) in [6, 6.07) is 0. The van der Waals surface area contributed by atoms with E-state index in [9.17, 15) is 19.0 Å². The average molecular weight is 702 g/mol. The van der Waals surface area contributed by atoms with E-state index in [1.165, 1.54) is 83.5 Å². The Bertz CT molecular complexity index is 851. The average Bonchev–Trinajstić information content (AvgIpc) is 3.07. The highest BCUT2D eigenvalue weighted by atomic mass is 31.2. The molecule has 0 rings (SSSR count). The molecule has 282 valence electrons. The normalized spacial score (nSPS) is 13.7. The first-order valence-corrected chi connectivity index (χ1v) is 20.8. The topological polar surface area (TPSA) is 134 Å². The summed E-state index contributed by atoms with van der Waals surface area (Å²) in [5.74, 6) is -0.842. The zero-order valence-corrected chi connectivity index (χ0v) is 31.6. The summed E-state index contributed by atoms with van der Waals surface area (Å²) in [4.78, 5) is 34.7. The first kappa shape index (κ1) is 46.5. The van der Waals surface area contributed by atoms with Crippen molar-refractivity contribution in [3.8, 4) is 0 Å². The predicted octanol–water partition coefficient (Wildman–Crippen LogP) is 10.4. The Labute approximate surface area is 293 Å². The standard InChI is InChI=1S/C38H72NO8P/c1-3-5-7-9-11-13-15-17-18-19-21-23-25-27-29-31-38(41)47-36(35-46-48(42,43)45-33-32-39)34-44-37(40)30-28-26-24-22-20-16-14-12-10-8-6-4-2/h11,13,17-18,36H,3-10,12,14-16,19-35,39H2,1-2H3,(H,42,43). The summed E-state index contributed by atoms with van der Waals surface area (Å²) < 4.78 is 32.6. The molecule has 0 saturated heterocycles. The number of rotatable bonds is 36. The van der Waals surface area contributed by atoms with Gasteiger partial charge in [0.1, 0.15) is 6.61 Å². The van der Waals surface area contributed by atoms with Crippen LogP contribution in [-0.4, -0.2) is 49.3 Å². The Morgan fingerprint density at radius 1 is 0.625 bits per heavy atom. The molecule has 0 aromatic heterocycles. The van der Waals surface area contributed by atoms with Gasteiger partial charge >= 0.3 is 19.8 Å². The number of ether oxygens (including phenoxy) is 2. The quantitative estimate of drug-likeness (QED) is 0.0283. The Morgan fingerprint density at radius 3 is 1.62 bits per heavy atom. The highest BCUT2D eigenvalue weighted by Gasteiger charge is 2.25. The summed E-state index contributed by atoms with van der Waals surface area (Å²) in [6.07, 6.45) is 34.9. The van der Waals surface area contributed by atoms with Crippen LogP contribution in [0.1, 0.15) is 174 Å². The van der Waals surface area contributed by atoms with E-state index in [-0.39, 0.29) is 38.6 Å². The molecule has 0 saturated carbocycles. The maximum absolute atomic E-state index is 12.5. The van der Waals surface area contributed by atoms with Gasteiger partial charge in [0.05, 0.1) is 13.2 Å². The molecule has 2 unspecified atom stereocenters. The molecule has 2 atom stereocenters. The lowest BCUT2D eigenvalue weighted by Gasteiger charge is -2.19. The highest BCUT2D eigenvalue weighted by molar-refractivity contribution is 7.47. The minimum Gasteiger partial charge on any atom is -0.462 e. The van der Waals surface area contributed by atoms with Crippen LogP contribution in [0.4, 0.5) is 0 Å². The van der Waals surface area contributed by atoms with E-state index >= 15 is 0 Å². The molecule has 0 aromatic rings. The first-order chi connectivity index (χ1) is 23.3. The number of carbonyl (C=O) groups excluding carboxylic acids is 2. The van der Waals surface area contributed by atoms with Gasteiger partial charge in [-0.05, 0) is 44.9 Å². The number of allylic oxidation sites excluding steroid dienone is 4. The van der Waals surface area contributed by atoms with Crippen LogP contribution < -0.4 is 5.73 Å². The Balaban J connectivity index is 4.24. The smallest absolute Gasteiger partial charge is 0.462 e. The molecule has 0 fully saturated rings. The molecule has 0 bridgehead atoms. The molecule has 10 heteroatoms. The predicted molar refractivity (Wildman–Crippen MR) is 197 cm³/mol. The van der Waals surface area contributed by atoms with Crippen LogP contribution in [0.15, 0.2) is 24.3 Å². The van der Waals surface area contributed by atoms with Gasteiger partial charge in [-0.2, -0.15) is 0 Å². The van der Waals surface area contributed by atoms with Gasteiger partial charge in [0.15, 0.2) is 6.10 Å². The third-order valence-electron chi connectivity index (χ3n) is 8.09. The lowest BCUT2D eigenvalue weighted by atomic mass is 10.0. The summed E-state index contributed by atoms with van der Waals surface area (Å²) in [6.45, 7) is 3.68. The van der Waals surface area contributed by atoms with Gasteiger partial charge in [0.25, 0.3) is 0 Å². The molecule has 0 aliphatic heterocycles. The Morgan fingerprint density at radius 2 is 1.08 bits per heavy atom. The van der Waals surface area contributed by atoms with E-state index in [4.69, 9.17) is 24.3 Å². The van der Waals surface area contributed by atoms with Crippen LogP contribution in [0.3, 0.4) is 0 Å². The van der Waals surface area contributed by atoms with Crippen LogP contribution in [0.25, 0.3) is 0 Å². The van der Waals surface area contributed by atoms with Gasteiger partial charge in [-0.1, -0.05) is 141 Å². The fourth-order valence-electron chi connectivity index (χ4n) is 5.19. The van der Waals surface area contributed by atoms with Crippen molar-refractivity contribution in [2.75, 3.05) is 26.4 Å². The van der Waals surface area contributed by atoms with Crippen molar-refractivity contribution in [1.29, 1.82) is 0 Å². The molecule has 0 aliphatic carbocycles. The maximum atomic E-state index is 12.5. The number of carbonyl (C=O) groups is 2. The fraction of sp³-hybridized carbons (Fsp3) is 0.842. The second-order valence-corrected chi connectivity index (χ2v) is 14.3. The number of hydrogen-bond acceptors (Lipinski definition) is 8. The second kappa shape index (κ2) is 35.3. The van der Waals surface area contributed by atoms with Crippen molar-refractivity contribution >= 4 is 19.8 Å². The monoisotopic (exact) mass is 701 g/mol. The third-order valence-corrected chi connectivity index (χ3v) is 9.07. The van der Waals surface area contributed by atoms with Crippen molar-refractivity contribution in [2.45, 2.75) is 180 Å². The molecule has 0 spiro atoms. The maximum Gasteiger partial charge on any atom is 0.472 e. The van der Waals surface area contributed by atoms with Crippen LogP contribution in [-0.2, 0) is 32.7 Å². The van der Waals surface area contributed by atoms with Crippen molar-refractivity contribution in [1.82, 2.24) is 0 Å². The van der Waals surface area contributed by atoms with E-state index in [0.717, 1.165) is 57.8 Å². The zero-order chi connectivity index (χ0) is 35.4. The Kier molecular flexibility index (Phi) is 34.2. The minimum absolute atomic E-state index is 0.0522. The van der Waals surface area contributed by atoms with E-state index < -0.39 is 26.5 Å². The van der Waals surface area contributed by atoms with Crippen LogP contribution >= 0.6 is 7.82 Å². The highest BCUT2D eigenvalue weighted by Crippen LogP contribution is 2.43. The van der Waals surface area contributed by atoms with Crippen LogP contribution in [0.2, 0.25) is 0 Å². The van der Waals surface area contributed by atoms with Gasteiger partial charge in [-0.3, -0.25) is 18.6 Å². The summed E-state index contributed by atoms with van der Waals surface area (Å²) in [7, 11) is -4.37. The van der Waals surface area contributed by atoms with Gasteiger partial charge in [0, 0.05) is 19.4 Å². The van der Waals surface area contributed by atoms with Gasteiger partial charge in [-0.15, -0.1) is 0 Å². The van der Waals surface area contributed by atoms with Crippen molar-refractivity contribution in [2.24, 2.45) is 5.73 Å². The number of hydrogen-bond donors (Lipinski definition) is 2. The first-order valence-electron chi connectivity index (χ1n) is 19.3. The molecule has 0 heterocycles. The fourth-order valence-corrected chi connectivity index (χ4v) is 5.96. The molecule has 48 heavy (non-hydrogen) atoms. The molecule has 3 N–H and O–H groups in total. The van der Waals surface area contributed by atoms with E-state index in [2.05, 4.69) is 38.2 Å². The van der Waals surface area contributed by atoms with Crippen LogP contribution in [0.5, 0.6) is 0 Å². The summed E-state index contributed by atoms with van der Waals surface area (Å²) >= 11 is 0. The Hall–Kier alpha value is -1.51. The van der Waals surface area contributed by atoms with Gasteiger partial charge in [0.2, 0.25) is 0 Å². The van der Waals surface area contributed by atoms with Gasteiger partial charge < -0.3 is 20.1 Å². The summed E-state index contributed by atoms with van der Waals surface area (Å²) in [5.41, 5.74) is 5.33. The SMILES string of the molecule is CCCCCC=CCC=CCCCCCCCC(=O)OC(COC(=O)CCCCCCCCCCCCCC)COP(=O)(O)OCCN. The molecule has 9 nitrogen and oxygen atoms in total. The van der Waals surface area contributed by atoms with Crippen LogP contribution in [0, 0.1) is 0 Å². The third kappa shape index (κ3) is 34.4. The number of unbranched alkanes of at least 4 members (excludes halogenated alkanes) is 19. The van der Waals surface area contributed by atoms with Crippen molar-refractivity contribution < 1.29 is 37.6 Å². The number of phosphoric ester groups is 1. The van der Waals surface area contributed by atoms with E-state index in [1.807, 2.05) is 0 Å². The number of esters is 2. The second-order valence-electron chi connectivity index (χ2n) is 12.8.